The molecule has 0 spiro atoms. The molecular weight excluding hydrogens is 264 g/mol. The van der Waals surface area contributed by atoms with Gasteiger partial charge in [0, 0.05) is 12.3 Å². The van der Waals surface area contributed by atoms with Crippen molar-refractivity contribution in [1.82, 2.24) is 9.38 Å². The van der Waals surface area contributed by atoms with Gasteiger partial charge < -0.3 is 4.74 Å². The monoisotopic (exact) mass is 280 g/mol. The molecule has 3 aromatic rings. The third-order valence-electron chi connectivity index (χ3n) is 3.30. The lowest BCUT2D eigenvalue weighted by Crippen LogP contribution is -1.85. The first kappa shape index (κ1) is 13.3. The Balaban J connectivity index is 2.03. The van der Waals surface area contributed by atoms with Crippen LogP contribution in [0.5, 0.6) is 5.75 Å². The van der Waals surface area contributed by atoms with Crippen LogP contribution in [0.4, 0.5) is 11.5 Å². The summed E-state index contributed by atoms with van der Waals surface area (Å²) in [4.78, 5) is 4.54. The zero-order valence-electron chi connectivity index (χ0n) is 12.2. The number of azo groups is 1. The van der Waals surface area contributed by atoms with Crippen LogP contribution in [0.25, 0.3) is 5.65 Å². The fourth-order valence-corrected chi connectivity index (χ4v) is 2.20. The van der Waals surface area contributed by atoms with Crippen molar-refractivity contribution in [3.05, 3.63) is 53.9 Å². The summed E-state index contributed by atoms with van der Waals surface area (Å²) in [5, 5.41) is 8.63. The fourth-order valence-electron chi connectivity index (χ4n) is 2.20. The summed E-state index contributed by atoms with van der Waals surface area (Å²) in [6.45, 7) is 3.97. The van der Waals surface area contributed by atoms with E-state index in [9.17, 15) is 0 Å². The van der Waals surface area contributed by atoms with Gasteiger partial charge in [-0.1, -0.05) is 12.1 Å². The van der Waals surface area contributed by atoms with Crippen LogP contribution in [0.2, 0.25) is 0 Å². The molecule has 5 heteroatoms. The van der Waals surface area contributed by atoms with Crippen LogP contribution in [0.15, 0.2) is 52.8 Å². The molecular formula is C16H16N4O. The topological polar surface area (TPSA) is 51.2 Å². The van der Waals surface area contributed by atoms with E-state index in [1.54, 1.807) is 7.11 Å². The van der Waals surface area contributed by atoms with Gasteiger partial charge in [0.15, 0.2) is 5.82 Å². The van der Waals surface area contributed by atoms with Gasteiger partial charge in [0.2, 0.25) is 0 Å². The molecule has 2 heterocycles. The predicted octanol–water partition coefficient (Wildman–Crippen LogP) is 4.38. The van der Waals surface area contributed by atoms with Gasteiger partial charge in [-0.3, -0.25) is 4.40 Å². The summed E-state index contributed by atoms with van der Waals surface area (Å²) in [5.74, 6) is 1.51. The first-order chi connectivity index (χ1) is 10.2. The van der Waals surface area contributed by atoms with Crippen LogP contribution >= 0.6 is 0 Å². The van der Waals surface area contributed by atoms with E-state index in [2.05, 4.69) is 15.2 Å². The fraction of sp³-hybridized carbons (Fsp3) is 0.188. The Morgan fingerprint density at radius 1 is 1.10 bits per heavy atom. The van der Waals surface area contributed by atoms with Gasteiger partial charge in [-0.25, -0.2) is 4.98 Å². The molecule has 0 saturated carbocycles. The standard InChI is InChI=1S/C16H16N4O/c1-11-6-5-9-20-15(11)17-12(2)16(20)19-18-13-7-4-8-14(10-13)21-3/h4-10H,1-3H3. The highest BCUT2D eigenvalue weighted by Gasteiger charge is 2.09. The van der Waals surface area contributed by atoms with Crippen molar-refractivity contribution < 1.29 is 4.74 Å². The van der Waals surface area contributed by atoms with Gasteiger partial charge in [0.05, 0.1) is 18.5 Å². The van der Waals surface area contributed by atoms with E-state index in [1.165, 1.54) is 0 Å². The minimum Gasteiger partial charge on any atom is -0.497 e. The Kier molecular flexibility index (Phi) is 3.39. The molecule has 0 bridgehead atoms. The number of benzene rings is 1. The maximum Gasteiger partial charge on any atom is 0.182 e. The molecule has 0 aliphatic rings. The molecule has 0 atom stereocenters. The van der Waals surface area contributed by atoms with Crippen molar-refractivity contribution in [2.75, 3.05) is 7.11 Å². The van der Waals surface area contributed by atoms with Crippen molar-refractivity contribution in [1.29, 1.82) is 0 Å². The molecule has 0 aliphatic carbocycles. The van der Waals surface area contributed by atoms with Gasteiger partial charge in [0.25, 0.3) is 0 Å². The smallest absolute Gasteiger partial charge is 0.182 e. The second-order valence-electron chi connectivity index (χ2n) is 4.81. The SMILES string of the molecule is COc1cccc(N=Nc2c(C)nc3c(C)cccn23)c1. The molecule has 1 aromatic carbocycles. The number of aromatic nitrogens is 2. The molecule has 21 heavy (non-hydrogen) atoms. The lowest BCUT2D eigenvalue weighted by atomic mass is 10.3. The minimum absolute atomic E-state index is 0.747. The molecule has 0 saturated heterocycles. The van der Waals surface area contributed by atoms with Gasteiger partial charge in [-0.15, -0.1) is 10.2 Å². The first-order valence-corrected chi connectivity index (χ1v) is 6.69. The molecule has 0 radical (unpaired) electrons. The summed E-state index contributed by atoms with van der Waals surface area (Å²) in [6.07, 6.45) is 1.95. The van der Waals surface area contributed by atoms with E-state index in [-0.39, 0.29) is 0 Å². The summed E-state index contributed by atoms with van der Waals surface area (Å²) in [5.41, 5.74) is 3.63. The van der Waals surface area contributed by atoms with E-state index in [0.717, 1.165) is 34.2 Å². The maximum absolute atomic E-state index is 5.18. The molecule has 0 amide bonds. The number of hydrogen-bond donors (Lipinski definition) is 0. The van der Waals surface area contributed by atoms with Crippen LogP contribution < -0.4 is 4.74 Å². The first-order valence-electron chi connectivity index (χ1n) is 6.69. The lowest BCUT2D eigenvalue weighted by Gasteiger charge is -2.00. The van der Waals surface area contributed by atoms with Gasteiger partial charge in [0.1, 0.15) is 11.4 Å². The molecule has 2 aromatic heterocycles. The molecule has 0 fully saturated rings. The van der Waals surface area contributed by atoms with Crippen LogP contribution in [0.1, 0.15) is 11.3 Å². The van der Waals surface area contributed by atoms with Crippen LogP contribution in [0, 0.1) is 13.8 Å². The number of ether oxygens (including phenoxy) is 1. The summed E-state index contributed by atoms with van der Waals surface area (Å²) < 4.78 is 7.14. The second kappa shape index (κ2) is 5.36. The zero-order valence-corrected chi connectivity index (χ0v) is 12.2. The number of rotatable bonds is 3. The van der Waals surface area contributed by atoms with Crippen molar-refractivity contribution in [2.24, 2.45) is 10.2 Å². The predicted molar refractivity (Wildman–Crippen MR) is 81.8 cm³/mol. The zero-order chi connectivity index (χ0) is 14.8. The summed E-state index contributed by atoms with van der Waals surface area (Å²) in [6, 6.07) is 11.5. The van der Waals surface area contributed by atoms with E-state index in [4.69, 9.17) is 4.74 Å². The normalized spacial score (nSPS) is 11.4. The van der Waals surface area contributed by atoms with Crippen molar-refractivity contribution in [3.8, 4) is 5.75 Å². The van der Waals surface area contributed by atoms with E-state index >= 15 is 0 Å². The number of nitrogens with zero attached hydrogens (tertiary/aromatic N) is 4. The second-order valence-corrected chi connectivity index (χ2v) is 4.81. The highest BCUT2D eigenvalue weighted by molar-refractivity contribution is 5.56. The Morgan fingerprint density at radius 3 is 2.76 bits per heavy atom. The lowest BCUT2D eigenvalue weighted by molar-refractivity contribution is 0.415. The number of imidazole rings is 1. The van der Waals surface area contributed by atoms with Crippen LogP contribution in [-0.2, 0) is 0 Å². The molecule has 0 aliphatic heterocycles. The summed E-state index contributed by atoms with van der Waals surface area (Å²) >= 11 is 0. The number of methoxy groups -OCH3 is 1. The van der Waals surface area contributed by atoms with E-state index in [1.807, 2.05) is 60.8 Å². The molecule has 5 nitrogen and oxygen atoms in total. The van der Waals surface area contributed by atoms with Crippen molar-refractivity contribution in [3.63, 3.8) is 0 Å². The van der Waals surface area contributed by atoms with Crippen LogP contribution in [-0.4, -0.2) is 16.5 Å². The average molecular weight is 280 g/mol. The largest absolute Gasteiger partial charge is 0.497 e. The Hall–Kier alpha value is -2.69. The maximum atomic E-state index is 5.18. The van der Waals surface area contributed by atoms with Gasteiger partial charge >= 0.3 is 0 Å². The average Bonchev–Trinajstić information content (AvgIpc) is 2.83. The molecule has 0 N–H and O–H groups in total. The minimum atomic E-state index is 0.747. The Morgan fingerprint density at radius 2 is 1.95 bits per heavy atom. The highest BCUT2D eigenvalue weighted by atomic mass is 16.5. The van der Waals surface area contributed by atoms with Gasteiger partial charge in [-0.05, 0) is 37.6 Å². The third-order valence-corrected chi connectivity index (χ3v) is 3.30. The Bertz CT molecular complexity index is 820. The van der Waals surface area contributed by atoms with Crippen molar-refractivity contribution in [2.45, 2.75) is 13.8 Å². The number of fused-ring (bicyclic) bond motifs is 1. The number of hydrogen-bond acceptors (Lipinski definition) is 4. The third kappa shape index (κ3) is 2.50. The number of pyridine rings is 1. The van der Waals surface area contributed by atoms with E-state index < -0.39 is 0 Å². The Labute approximate surface area is 122 Å². The molecule has 106 valence electrons. The van der Waals surface area contributed by atoms with Crippen LogP contribution in [0.3, 0.4) is 0 Å². The molecule has 0 unspecified atom stereocenters. The quantitative estimate of drug-likeness (QED) is 0.669. The van der Waals surface area contributed by atoms with E-state index in [0.29, 0.717) is 0 Å². The number of aryl methyl sites for hydroxylation is 2. The highest BCUT2D eigenvalue weighted by Crippen LogP contribution is 2.26. The molecule has 3 rings (SSSR count). The van der Waals surface area contributed by atoms with Gasteiger partial charge in [-0.2, -0.15) is 0 Å². The summed E-state index contributed by atoms with van der Waals surface area (Å²) in [7, 11) is 1.63. The van der Waals surface area contributed by atoms with Crippen molar-refractivity contribution >= 4 is 17.2 Å².